The van der Waals surface area contributed by atoms with E-state index in [-0.39, 0.29) is 6.04 Å². The number of aliphatic hydroxyl groups is 1. The lowest BCUT2D eigenvalue weighted by Gasteiger charge is -2.32. The molecule has 1 N–H and O–H groups in total. The Morgan fingerprint density at radius 1 is 1.00 bits per heavy atom. The molecule has 0 spiro atoms. The van der Waals surface area contributed by atoms with Gasteiger partial charge in [0.1, 0.15) is 0 Å². The second-order valence-electron chi connectivity index (χ2n) is 5.05. The van der Waals surface area contributed by atoms with E-state index < -0.39 is 6.10 Å². The van der Waals surface area contributed by atoms with Crippen LogP contribution in [0.3, 0.4) is 0 Å². The Bertz CT molecular complexity index is 522. The van der Waals surface area contributed by atoms with Gasteiger partial charge in [-0.25, -0.2) is 0 Å². The number of anilines is 1. The molecule has 0 fully saturated rings. The van der Waals surface area contributed by atoms with Crippen molar-refractivity contribution in [2.75, 3.05) is 11.9 Å². The van der Waals surface area contributed by atoms with Crippen LogP contribution in [0.1, 0.15) is 24.1 Å². The van der Waals surface area contributed by atoms with Crippen molar-refractivity contribution in [1.29, 1.82) is 0 Å². The highest BCUT2D eigenvalue weighted by Crippen LogP contribution is 2.28. The summed E-state index contributed by atoms with van der Waals surface area (Å²) in [5.74, 6) is 0. The minimum atomic E-state index is -0.438. The van der Waals surface area contributed by atoms with E-state index in [1.165, 1.54) is 5.56 Å². The molecule has 19 heavy (non-hydrogen) atoms. The number of hydrogen-bond donors (Lipinski definition) is 1. The van der Waals surface area contributed by atoms with E-state index in [1.807, 2.05) is 38.2 Å². The predicted molar refractivity (Wildman–Crippen MR) is 80.4 cm³/mol. The summed E-state index contributed by atoms with van der Waals surface area (Å²) in [6, 6.07) is 18.4. The number of hydrogen-bond acceptors (Lipinski definition) is 2. The fraction of sp³-hybridized carbons (Fsp3) is 0.294. The van der Waals surface area contributed by atoms with E-state index in [2.05, 4.69) is 42.2 Å². The van der Waals surface area contributed by atoms with Gasteiger partial charge in [-0.15, -0.1) is 0 Å². The lowest BCUT2D eigenvalue weighted by Crippen LogP contribution is -2.32. The van der Waals surface area contributed by atoms with Crippen molar-refractivity contribution in [2.24, 2.45) is 0 Å². The van der Waals surface area contributed by atoms with E-state index >= 15 is 0 Å². The summed E-state index contributed by atoms with van der Waals surface area (Å²) in [5.41, 5.74) is 3.46. The zero-order valence-electron chi connectivity index (χ0n) is 11.7. The van der Waals surface area contributed by atoms with Crippen molar-refractivity contribution in [1.82, 2.24) is 0 Å². The molecular formula is C17H21NO. The third-order valence-electron chi connectivity index (χ3n) is 3.42. The van der Waals surface area contributed by atoms with Gasteiger partial charge < -0.3 is 10.0 Å². The van der Waals surface area contributed by atoms with Gasteiger partial charge in [0.05, 0.1) is 12.1 Å². The molecule has 100 valence electrons. The summed E-state index contributed by atoms with van der Waals surface area (Å²) < 4.78 is 0. The molecule has 2 aromatic rings. The molecule has 0 amide bonds. The molecule has 0 aromatic heterocycles. The van der Waals surface area contributed by atoms with Crippen molar-refractivity contribution >= 4 is 5.69 Å². The largest absolute Gasteiger partial charge is 0.391 e. The summed E-state index contributed by atoms with van der Waals surface area (Å²) in [6.45, 7) is 3.91. The van der Waals surface area contributed by atoms with Crippen LogP contribution in [0.5, 0.6) is 0 Å². The van der Waals surface area contributed by atoms with Crippen LogP contribution in [-0.2, 0) is 0 Å². The Hall–Kier alpha value is -1.80. The standard InChI is InChI=1S/C17H21NO/c1-13-8-7-9-15(12-13)17(14(2)19)18(3)16-10-5-4-6-11-16/h4-12,14,17,19H,1-3H3/t14-,17-/m1/s1. The van der Waals surface area contributed by atoms with E-state index in [0.29, 0.717) is 0 Å². The molecular weight excluding hydrogens is 234 g/mol. The van der Waals surface area contributed by atoms with Gasteiger partial charge in [-0.05, 0) is 31.5 Å². The Morgan fingerprint density at radius 3 is 2.26 bits per heavy atom. The van der Waals surface area contributed by atoms with Crippen LogP contribution in [0.15, 0.2) is 54.6 Å². The van der Waals surface area contributed by atoms with Gasteiger partial charge >= 0.3 is 0 Å². The van der Waals surface area contributed by atoms with E-state index in [4.69, 9.17) is 0 Å². The van der Waals surface area contributed by atoms with Gasteiger partial charge in [0.15, 0.2) is 0 Å². The number of rotatable bonds is 4. The molecule has 2 atom stereocenters. The fourth-order valence-electron chi connectivity index (χ4n) is 2.50. The van der Waals surface area contributed by atoms with Crippen molar-refractivity contribution in [2.45, 2.75) is 26.0 Å². The number of para-hydroxylation sites is 1. The number of likely N-dealkylation sites (N-methyl/N-ethyl adjacent to an activating group) is 1. The highest BCUT2D eigenvalue weighted by atomic mass is 16.3. The summed E-state index contributed by atoms with van der Waals surface area (Å²) in [5, 5.41) is 10.1. The maximum absolute atomic E-state index is 10.1. The Labute approximate surface area is 115 Å². The SMILES string of the molecule is Cc1cccc([C@@H]([C@@H](C)O)N(C)c2ccccc2)c1. The second kappa shape index (κ2) is 5.89. The molecule has 0 unspecified atom stereocenters. The molecule has 0 aliphatic heterocycles. The first-order valence-corrected chi connectivity index (χ1v) is 6.62. The third kappa shape index (κ3) is 3.15. The highest BCUT2D eigenvalue weighted by Gasteiger charge is 2.22. The summed E-state index contributed by atoms with van der Waals surface area (Å²) >= 11 is 0. The molecule has 2 heteroatoms. The topological polar surface area (TPSA) is 23.5 Å². The normalized spacial score (nSPS) is 13.9. The van der Waals surface area contributed by atoms with Crippen molar-refractivity contribution in [3.05, 3.63) is 65.7 Å². The van der Waals surface area contributed by atoms with Crippen molar-refractivity contribution in [3.63, 3.8) is 0 Å². The molecule has 0 aliphatic carbocycles. The monoisotopic (exact) mass is 255 g/mol. The Morgan fingerprint density at radius 2 is 1.68 bits per heavy atom. The van der Waals surface area contributed by atoms with E-state index in [9.17, 15) is 5.11 Å². The molecule has 0 aliphatic rings. The molecule has 0 bridgehead atoms. The van der Waals surface area contributed by atoms with Gasteiger partial charge in [0, 0.05) is 12.7 Å². The zero-order chi connectivity index (χ0) is 13.8. The average molecular weight is 255 g/mol. The highest BCUT2D eigenvalue weighted by molar-refractivity contribution is 5.48. The molecule has 0 saturated carbocycles. The predicted octanol–water partition coefficient (Wildman–Crippen LogP) is 3.55. The Balaban J connectivity index is 2.36. The van der Waals surface area contributed by atoms with E-state index in [0.717, 1.165) is 11.3 Å². The summed E-state index contributed by atoms with van der Waals surface area (Å²) in [7, 11) is 2.02. The second-order valence-corrected chi connectivity index (χ2v) is 5.05. The van der Waals surface area contributed by atoms with Crippen molar-refractivity contribution in [3.8, 4) is 0 Å². The number of aliphatic hydroxyl groups excluding tert-OH is 1. The fourth-order valence-corrected chi connectivity index (χ4v) is 2.50. The quantitative estimate of drug-likeness (QED) is 0.903. The molecule has 0 radical (unpaired) electrons. The smallest absolute Gasteiger partial charge is 0.0795 e. The number of aryl methyl sites for hydroxylation is 1. The first-order chi connectivity index (χ1) is 9.09. The van der Waals surface area contributed by atoms with Crippen LogP contribution >= 0.6 is 0 Å². The van der Waals surface area contributed by atoms with E-state index in [1.54, 1.807) is 0 Å². The minimum absolute atomic E-state index is 0.0395. The van der Waals surface area contributed by atoms with Crippen LogP contribution in [0.2, 0.25) is 0 Å². The molecule has 2 aromatic carbocycles. The van der Waals surface area contributed by atoms with Crippen LogP contribution in [-0.4, -0.2) is 18.3 Å². The molecule has 2 rings (SSSR count). The lowest BCUT2D eigenvalue weighted by molar-refractivity contribution is 0.161. The maximum atomic E-state index is 10.1. The Kier molecular flexibility index (Phi) is 4.23. The third-order valence-corrected chi connectivity index (χ3v) is 3.42. The van der Waals surface area contributed by atoms with Gasteiger partial charge in [0.25, 0.3) is 0 Å². The van der Waals surface area contributed by atoms with Gasteiger partial charge in [-0.3, -0.25) is 0 Å². The zero-order valence-corrected chi connectivity index (χ0v) is 11.7. The van der Waals surface area contributed by atoms with Gasteiger partial charge in [-0.2, -0.15) is 0 Å². The van der Waals surface area contributed by atoms with Crippen LogP contribution in [0.25, 0.3) is 0 Å². The summed E-state index contributed by atoms with van der Waals surface area (Å²) in [6.07, 6.45) is -0.438. The van der Waals surface area contributed by atoms with Crippen molar-refractivity contribution < 1.29 is 5.11 Å². The maximum Gasteiger partial charge on any atom is 0.0795 e. The molecule has 0 saturated heterocycles. The number of benzene rings is 2. The van der Waals surface area contributed by atoms with Crippen LogP contribution in [0, 0.1) is 6.92 Å². The van der Waals surface area contributed by atoms with Crippen LogP contribution in [0.4, 0.5) is 5.69 Å². The van der Waals surface area contributed by atoms with Crippen LogP contribution < -0.4 is 4.90 Å². The van der Waals surface area contributed by atoms with Gasteiger partial charge in [0.2, 0.25) is 0 Å². The van der Waals surface area contributed by atoms with Gasteiger partial charge in [-0.1, -0.05) is 48.0 Å². The summed E-state index contributed by atoms with van der Waals surface area (Å²) in [4.78, 5) is 2.12. The molecule has 0 heterocycles. The molecule has 2 nitrogen and oxygen atoms in total. The lowest BCUT2D eigenvalue weighted by atomic mass is 9.98. The number of nitrogens with zero attached hydrogens (tertiary/aromatic N) is 1. The minimum Gasteiger partial charge on any atom is -0.391 e. The first-order valence-electron chi connectivity index (χ1n) is 6.62. The first kappa shape index (κ1) is 13.6. The average Bonchev–Trinajstić information content (AvgIpc) is 2.39.